The van der Waals surface area contributed by atoms with Crippen molar-refractivity contribution in [3.05, 3.63) is 43.3 Å². The minimum absolute atomic E-state index is 0. The van der Waals surface area contributed by atoms with Crippen molar-refractivity contribution < 1.29 is 45.6 Å². The Balaban J connectivity index is -0.0000000674. The van der Waals surface area contributed by atoms with E-state index >= 15 is 0 Å². The second kappa shape index (κ2) is 23.8. The summed E-state index contributed by atoms with van der Waals surface area (Å²) >= 11 is 0. The first-order valence-electron chi connectivity index (χ1n) is 4.68. The van der Waals surface area contributed by atoms with Crippen LogP contribution in [0.25, 0.3) is 0 Å². The van der Waals surface area contributed by atoms with E-state index < -0.39 is 0 Å². The Bertz CT molecular complexity index is 185. The Kier molecular flexibility index (Phi) is 38.8. The number of aryl methyl sites for hydroxylation is 1. The molecule has 0 fully saturated rings. The standard InChI is InChI=1S/C7H8.C3H5O.C2H6.CH3.Nd/c1-7-5-3-2-4-6-7;1-2-3-4;1-2;;/h2-6H,1H3;2H2,1H3;1-2H3;1H3;/q;-1;;-1;. The van der Waals surface area contributed by atoms with Crippen LogP contribution in [0.4, 0.5) is 0 Å². The van der Waals surface area contributed by atoms with Crippen molar-refractivity contribution in [1.82, 2.24) is 0 Å². The molecule has 0 saturated heterocycles. The summed E-state index contributed by atoms with van der Waals surface area (Å²) in [7, 11) is 0. The number of hydrogen-bond acceptors (Lipinski definition) is 1. The second-order valence-corrected chi connectivity index (χ2v) is 2.15. The van der Waals surface area contributed by atoms with Gasteiger partial charge in [-0.2, -0.15) is 6.42 Å². The molecule has 1 rings (SSSR count). The number of benzene rings is 1. The van der Waals surface area contributed by atoms with E-state index in [2.05, 4.69) is 19.1 Å². The Hall–Kier alpha value is 0.241. The van der Waals surface area contributed by atoms with Gasteiger partial charge in [0.2, 0.25) is 0 Å². The molecule has 0 aromatic heterocycles. The fraction of sp³-hybridized carbons (Fsp3) is 0.385. The van der Waals surface area contributed by atoms with Crippen molar-refractivity contribution >= 4 is 6.29 Å². The minimum Gasteiger partial charge on any atom is -0.542 e. The van der Waals surface area contributed by atoms with Gasteiger partial charge < -0.3 is 12.2 Å². The molecule has 1 aromatic carbocycles. The maximum Gasteiger partial charge on any atom is 0 e. The van der Waals surface area contributed by atoms with E-state index in [-0.39, 0.29) is 48.3 Å². The van der Waals surface area contributed by atoms with Crippen LogP contribution in [0.3, 0.4) is 0 Å². The molecular formula is C13H22NdO-2. The van der Waals surface area contributed by atoms with Gasteiger partial charge >= 0.3 is 0 Å². The van der Waals surface area contributed by atoms with Gasteiger partial charge in [0.25, 0.3) is 0 Å². The average molecular weight is 339 g/mol. The van der Waals surface area contributed by atoms with Crippen molar-refractivity contribution in [2.24, 2.45) is 0 Å². The molecule has 0 saturated carbocycles. The van der Waals surface area contributed by atoms with Gasteiger partial charge in [-0.25, -0.2) is 0 Å². The zero-order chi connectivity index (χ0) is 10.5. The third-order valence-corrected chi connectivity index (χ3v) is 1.08. The molecule has 0 radical (unpaired) electrons. The van der Waals surface area contributed by atoms with Crippen LogP contribution in [0, 0.1) is 55.2 Å². The summed E-state index contributed by atoms with van der Waals surface area (Å²) in [5.74, 6) is 0. The van der Waals surface area contributed by atoms with Crippen LogP contribution in [0.2, 0.25) is 0 Å². The number of hydrogen-bond donors (Lipinski definition) is 0. The SMILES string of the molecule is CC.CC[C-]=O.Cc1ccccc1.[CH3-].[Nd]. The van der Waals surface area contributed by atoms with Gasteiger partial charge in [-0.1, -0.05) is 56.7 Å². The summed E-state index contributed by atoms with van der Waals surface area (Å²) in [6.07, 6.45) is 2.19. The van der Waals surface area contributed by atoms with Crippen molar-refractivity contribution in [1.29, 1.82) is 0 Å². The quantitative estimate of drug-likeness (QED) is 0.708. The van der Waals surface area contributed by atoms with Crippen molar-refractivity contribution in [2.45, 2.75) is 34.1 Å². The van der Waals surface area contributed by atoms with Gasteiger partial charge in [0.15, 0.2) is 0 Å². The first-order chi connectivity index (χ1) is 6.31. The molecule has 15 heavy (non-hydrogen) atoms. The molecule has 1 nitrogen and oxygen atoms in total. The van der Waals surface area contributed by atoms with Crippen molar-refractivity contribution in [3.8, 4) is 0 Å². The summed E-state index contributed by atoms with van der Waals surface area (Å²) < 4.78 is 0. The average Bonchev–Trinajstić information content (AvgIpc) is 2.22. The Morgan fingerprint density at radius 3 is 1.60 bits per heavy atom. The van der Waals surface area contributed by atoms with Crippen LogP contribution in [-0.2, 0) is 4.79 Å². The molecule has 0 heterocycles. The molecule has 0 amide bonds. The van der Waals surface area contributed by atoms with Gasteiger partial charge in [-0.15, -0.1) is 0 Å². The zero-order valence-corrected chi connectivity index (χ0v) is 13.7. The van der Waals surface area contributed by atoms with Gasteiger partial charge in [0.1, 0.15) is 0 Å². The zero-order valence-electron chi connectivity index (χ0n) is 10.5. The first-order valence-corrected chi connectivity index (χ1v) is 4.68. The van der Waals surface area contributed by atoms with Gasteiger partial charge in [-0.3, -0.25) is 6.29 Å². The molecule has 0 atom stereocenters. The van der Waals surface area contributed by atoms with Crippen LogP contribution in [-0.4, -0.2) is 6.29 Å². The van der Waals surface area contributed by atoms with Crippen LogP contribution in [0.15, 0.2) is 30.3 Å². The van der Waals surface area contributed by atoms with E-state index in [1.807, 2.05) is 32.0 Å². The Morgan fingerprint density at radius 2 is 1.47 bits per heavy atom. The van der Waals surface area contributed by atoms with Gasteiger partial charge in [0.05, 0.1) is 0 Å². The molecular weight excluding hydrogens is 316 g/mol. The molecule has 86 valence electrons. The number of rotatable bonds is 1. The third-order valence-electron chi connectivity index (χ3n) is 1.08. The van der Waals surface area contributed by atoms with E-state index in [1.54, 1.807) is 13.2 Å². The molecule has 0 aliphatic rings. The summed E-state index contributed by atoms with van der Waals surface area (Å²) in [5, 5.41) is 0. The first kappa shape index (κ1) is 24.5. The molecule has 0 spiro atoms. The molecule has 0 unspecified atom stereocenters. The van der Waals surface area contributed by atoms with Gasteiger partial charge in [0, 0.05) is 40.8 Å². The molecule has 0 aliphatic heterocycles. The predicted octanol–water partition coefficient (Wildman–Crippen LogP) is 3.98. The summed E-state index contributed by atoms with van der Waals surface area (Å²) in [5.41, 5.74) is 1.32. The van der Waals surface area contributed by atoms with Crippen LogP contribution >= 0.6 is 0 Å². The maximum absolute atomic E-state index is 9.05. The topological polar surface area (TPSA) is 17.1 Å². The molecule has 0 bridgehead atoms. The van der Waals surface area contributed by atoms with Gasteiger partial charge in [-0.05, 0) is 6.92 Å². The summed E-state index contributed by atoms with van der Waals surface area (Å²) in [4.78, 5) is 9.05. The Morgan fingerprint density at radius 1 is 1.13 bits per heavy atom. The second-order valence-electron chi connectivity index (χ2n) is 2.15. The normalized spacial score (nSPS) is 6.13. The van der Waals surface area contributed by atoms with Crippen LogP contribution in [0.5, 0.6) is 0 Å². The van der Waals surface area contributed by atoms with E-state index in [4.69, 9.17) is 4.79 Å². The molecule has 1 aromatic rings. The third kappa shape index (κ3) is 25.0. The van der Waals surface area contributed by atoms with Crippen LogP contribution in [0.1, 0.15) is 32.8 Å². The van der Waals surface area contributed by atoms with Crippen molar-refractivity contribution in [2.75, 3.05) is 0 Å². The molecule has 0 N–H and O–H groups in total. The fourth-order valence-electron chi connectivity index (χ4n) is 0.534. The number of carbonyl (C=O) groups excluding carboxylic acids is 1. The monoisotopic (exact) mass is 336 g/mol. The predicted molar refractivity (Wildman–Crippen MR) is 64.9 cm³/mol. The van der Waals surface area contributed by atoms with E-state index in [0.29, 0.717) is 6.42 Å². The molecule has 0 aliphatic carbocycles. The maximum atomic E-state index is 9.05. The minimum atomic E-state index is 0. The summed E-state index contributed by atoms with van der Waals surface area (Å²) in [6.45, 7) is 7.84. The smallest absolute Gasteiger partial charge is 0 e. The summed E-state index contributed by atoms with van der Waals surface area (Å²) in [6, 6.07) is 10.3. The Labute approximate surface area is 128 Å². The fourth-order valence-corrected chi connectivity index (χ4v) is 0.534. The van der Waals surface area contributed by atoms with E-state index in [1.165, 1.54) is 5.56 Å². The van der Waals surface area contributed by atoms with E-state index in [0.717, 1.165) is 0 Å². The van der Waals surface area contributed by atoms with Crippen LogP contribution < -0.4 is 0 Å². The largest absolute Gasteiger partial charge is 0.542 e. The van der Waals surface area contributed by atoms with E-state index in [9.17, 15) is 0 Å². The molecule has 2 heteroatoms. The van der Waals surface area contributed by atoms with Crippen molar-refractivity contribution in [3.63, 3.8) is 0 Å².